The van der Waals surface area contributed by atoms with E-state index in [1.54, 1.807) is 4.90 Å². The Kier molecular flexibility index (Phi) is 3.46. The molecule has 1 saturated heterocycles. The molecule has 1 atom stereocenters. The summed E-state index contributed by atoms with van der Waals surface area (Å²) in [7, 11) is 0. The van der Waals surface area contributed by atoms with E-state index < -0.39 is 5.92 Å². The Labute approximate surface area is 117 Å². The fraction of sp³-hybridized carbons (Fsp3) is 0.533. The number of carbonyl (C=O) groups excluding carboxylic acids is 1. The maximum absolute atomic E-state index is 13.1. The average Bonchev–Trinajstić information content (AvgIpc) is 2.46. The van der Waals surface area contributed by atoms with E-state index in [4.69, 9.17) is 0 Å². The monoisotopic (exact) mass is 280 g/mol. The van der Waals surface area contributed by atoms with Crippen molar-refractivity contribution in [2.45, 2.75) is 37.8 Å². The molecule has 1 aromatic rings. The Balaban J connectivity index is 1.65. The molecule has 0 bridgehead atoms. The molecule has 5 heteroatoms. The number of nitrogens with zero attached hydrogens (tertiary/aromatic N) is 1. The van der Waals surface area contributed by atoms with E-state index >= 15 is 0 Å². The summed E-state index contributed by atoms with van der Waals surface area (Å²) in [5.74, 6) is -2.65. The molecule has 0 aliphatic carbocycles. The maximum Gasteiger partial charge on any atom is 0.251 e. The smallest absolute Gasteiger partial charge is 0.251 e. The second-order valence-electron chi connectivity index (χ2n) is 5.59. The molecular formula is C15H18F2N2O. The topological polar surface area (TPSA) is 32.3 Å². The van der Waals surface area contributed by atoms with Gasteiger partial charge in [0.2, 0.25) is 5.91 Å². The minimum Gasteiger partial charge on any atom is -0.341 e. The molecule has 3 rings (SSSR count). The highest BCUT2D eigenvalue weighted by atomic mass is 19.3. The second kappa shape index (κ2) is 5.13. The van der Waals surface area contributed by atoms with E-state index in [0.29, 0.717) is 13.0 Å². The van der Waals surface area contributed by atoms with Gasteiger partial charge < -0.3 is 10.2 Å². The minimum absolute atomic E-state index is 0.0463. The van der Waals surface area contributed by atoms with Crippen LogP contribution in [0.5, 0.6) is 0 Å². The lowest BCUT2D eigenvalue weighted by Gasteiger charge is -2.35. The summed E-state index contributed by atoms with van der Waals surface area (Å²) in [6, 6.07) is 7.74. The van der Waals surface area contributed by atoms with Gasteiger partial charge in [-0.2, -0.15) is 0 Å². The average molecular weight is 280 g/mol. The fourth-order valence-corrected chi connectivity index (χ4v) is 2.90. The summed E-state index contributed by atoms with van der Waals surface area (Å²) in [6.45, 7) is 0.980. The van der Waals surface area contributed by atoms with E-state index in [1.807, 2.05) is 24.3 Å². The molecule has 20 heavy (non-hydrogen) atoms. The zero-order chi connectivity index (χ0) is 14.2. The number of alkyl halides is 2. The molecule has 0 unspecified atom stereocenters. The molecule has 1 aromatic carbocycles. The van der Waals surface area contributed by atoms with Gasteiger partial charge >= 0.3 is 0 Å². The number of piperidine rings is 1. The van der Waals surface area contributed by atoms with Crippen LogP contribution in [0.2, 0.25) is 0 Å². The van der Waals surface area contributed by atoms with Crippen LogP contribution in [0.4, 0.5) is 8.78 Å². The van der Waals surface area contributed by atoms with Crippen molar-refractivity contribution in [3.63, 3.8) is 0 Å². The SMILES string of the molecule is O=C([C@@H]1Cc2ccccc2CN1)N1CCC(F)(F)CC1. The lowest BCUT2D eigenvalue weighted by atomic mass is 9.94. The van der Waals surface area contributed by atoms with E-state index in [2.05, 4.69) is 5.32 Å². The Bertz CT molecular complexity index is 508. The van der Waals surface area contributed by atoms with Crippen molar-refractivity contribution < 1.29 is 13.6 Å². The lowest BCUT2D eigenvalue weighted by Crippen LogP contribution is -2.52. The van der Waals surface area contributed by atoms with Gasteiger partial charge in [-0.15, -0.1) is 0 Å². The highest BCUT2D eigenvalue weighted by Gasteiger charge is 2.37. The van der Waals surface area contributed by atoms with Gasteiger partial charge in [0.1, 0.15) is 0 Å². The van der Waals surface area contributed by atoms with Crippen LogP contribution in [-0.4, -0.2) is 35.9 Å². The van der Waals surface area contributed by atoms with Crippen molar-refractivity contribution in [1.29, 1.82) is 0 Å². The molecule has 2 aliphatic heterocycles. The molecule has 0 aromatic heterocycles. The van der Waals surface area contributed by atoms with Crippen molar-refractivity contribution in [2.75, 3.05) is 13.1 Å². The summed E-state index contributed by atoms with van der Waals surface area (Å²) < 4.78 is 26.3. The summed E-state index contributed by atoms with van der Waals surface area (Å²) in [5.41, 5.74) is 2.38. The van der Waals surface area contributed by atoms with Crippen LogP contribution < -0.4 is 5.32 Å². The number of benzene rings is 1. The Morgan fingerprint density at radius 3 is 2.55 bits per heavy atom. The molecule has 2 aliphatic rings. The van der Waals surface area contributed by atoms with Crippen molar-refractivity contribution in [1.82, 2.24) is 10.2 Å². The number of amides is 1. The van der Waals surface area contributed by atoms with Gasteiger partial charge in [0.05, 0.1) is 6.04 Å². The number of likely N-dealkylation sites (tertiary alicyclic amines) is 1. The number of rotatable bonds is 1. The molecule has 1 amide bonds. The fourth-order valence-electron chi connectivity index (χ4n) is 2.90. The number of hydrogen-bond acceptors (Lipinski definition) is 2. The van der Waals surface area contributed by atoms with Gasteiger partial charge in [-0.1, -0.05) is 24.3 Å². The van der Waals surface area contributed by atoms with E-state index in [-0.39, 0.29) is 37.9 Å². The number of halogens is 2. The largest absolute Gasteiger partial charge is 0.341 e. The third-order valence-corrected chi connectivity index (χ3v) is 4.19. The first-order valence-electron chi connectivity index (χ1n) is 7.02. The van der Waals surface area contributed by atoms with Gasteiger partial charge in [0.15, 0.2) is 0 Å². The van der Waals surface area contributed by atoms with Crippen molar-refractivity contribution in [3.05, 3.63) is 35.4 Å². The number of fused-ring (bicyclic) bond motifs is 1. The van der Waals surface area contributed by atoms with Crippen molar-refractivity contribution in [3.8, 4) is 0 Å². The van der Waals surface area contributed by atoms with Crippen molar-refractivity contribution in [2.24, 2.45) is 0 Å². The highest BCUT2D eigenvalue weighted by Crippen LogP contribution is 2.28. The van der Waals surface area contributed by atoms with Gasteiger partial charge in [0, 0.05) is 32.5 Å². The second-order valence-corrected chi connectivity index (χ2v) is 5.59. The Hall–Kier alpha value is -1.49. The summed E-state index contributed by atoms with van der Waals surface area (Å²) in [6.07, 6.45) is 0.200. The van der Waals surface area contributed by atoms with Crippen LogP contribution in [-0.2, 0) is 17.8 Å². The summed E-state index contributed by atoms with van der Waals surface area (Å²) >= 11 is 0. The van der Waals surface area contributed by atoms with Crippen LogP contribution in [0.1, 0.15) is 24.0 Å². The lowest BCUT2D eigenvalue weighted by molar-refractivity contribution is -0.139. The summed E-state index contributed by atoms with van der Waals surface area (Å²) in [4.78, 5) is 14.0. The van der Waals surface area contributed by atoms with Crippen LogP contribution in [0.15, 0.2) is 24.3 Å². The quantitative estimate of drug-likeness (QED) is 0.853. The molecule has 1 N–H and O–H groups in total. The van der Waals surface area contributed by atoms with Crippen molar-refractivity contribution >= 4 is 5.91 Å². The predicted octanol–water partition coefficient (Wildman–Crippen LogP) is 1.96. The molecule has 108 valence electrons. The molecule has 0 radical (unpaired) electrons. The Morgan fingerprint density at radius 1 is 1.20 bits per heavy atom. The maximum atomic E-state index is 13.1. The first kappa shape index (κ1) is 13.5. The Morgan fingerprint density at radius 2 is 1.85 bits per heavy atom. The molecule has 0 saturated carbocycles. The van der Waals surface area contributed by atoms with Crippen LogP contribution >= 0.6 is 0 Å². The molecule has 1 fully saturated rings. The van der Waals surface area contributed by atoms with E-state index in [0.717, 1.165) is 0 Å². The molecule has 0 spiro atoms. The predicted molar refractivity (Wildman–Crippen MR) is 71.5 cm³/mol. The van der Waals surface area contributed by atoms with Crippen LogP contribution in [0.25, 0.3) is 0 Å². The zero-order valence-corrected chi connectivity index (χ0v) is 11.2. The first-order chi connectivity index (χ1) is 9.55. The van der Waals surface area contributed by atoms with E-state index in [1.165, 1.54) is 11.1 Å². The van der Waals surface area contributed by atoms with Gasteiger partial charge in [0.25, 0.3) is 5.92 Å². The number of hydrogen-bond donors (Lipinski definition) is 1. The number of nitrogens with one attached hydrogen (secondary N) is 1. The normalized spacial score (nSPS) is 25.1. The van der Waals surface area contributed by atoms with Crippen LogP contribution in [0.3, 0.4) is 0 Å². The molecular weight excluding hydrogens is 262 g/mol. The summed E-state index contributed by atoms with van der Waals surface area (Å²) in [5, 5.41) is 3.21. The third-order valence-electron chi connectivity index (χ3n) is 4.19. The van der Waals surface area contributed by atoms with Gasteiger partial charge in [-0.05, 0) is 17.5 Å². The minimum atomic E-state index is -2.61. The highest BCUT2D eigenvalue weighted by molar-refractivity contribution is 5.82. The van der Waals surface area contributed by atoms with Gasteiger partial charge in [-0.3, -0.25) is 4.79 Å². The standard InChI is InChI=1S/C15H18F2N2O/c16-15(17)5-7-19(8-6-15)14(20)13-9-11-3-1-2-4-12(11)10-18-13/h1-4,13,18H,5-10H2/t13-/m0/s1. The third kappa shape index (κ3) is 2.68. The molecule has 3 nitrogen and oxygen atoms in total. The number of carbonyl (C=O) groups is 1. The van der Waals surface area contributed by atoms with Crippen LogP contribution in [0, 0.1) is 0 Å². The van der Waals surface area contributed by atoms with Gasteiger partial charge in [-0.25, -0.2) is 8.78 Å². The zero-order valence-electron chi connectivity index (χ0n) is 11.2. The molecule has 2 heterocycles. The first-order valence-corrected chi connectivity index (χ1v) is 7.02. The van der Waals surface area contributed by atoms with E-state index in [9.17, 15) is 13.6 Å².